The highest BCUT2D eigenvalue weighted by molar-refractivity contribution is 5.85. The van der Waals surface area contributed by atoms with Crippen LogP contribution in [-0.4, -0.2) is 55.0 Å². The topological polar surface area (TPSA) is 30.9 Å². The normalized spacial score (nSPS) is 22.1. The van der Waals surface area contributed by atoms with E-state index < -0.39 is 0 Å². The molecule has 1 rings (SSSR count). The Morgan fingerprint density at radius 2 is 2.13 bits per heavy atom. The number of piperazine rings is 1. The van der Waals surface area contributed by atoms with Crippen molar-refractivity contribution in [3.05, 3.63) is 12.7 Å². The van der Waals surface area contributed by atoms with Crippen molar-refractivity contribution < 1.29 is 0 Å². The molecule has 0 unspecified atom stereocenters. The van der Waals surface area contributed by atoms with Crippen molar-refractivity contribution in [1.82, 2.24) is 15.3 Å². The maximum atomic E-state index is 4.71. The molecule has 0 radical (unpaired) electrons. The van der Waals surface area contributed by atoms with Gasteiger partial charge in [-0.3, -0.25) is 14.9 Å². The number of nitrogens with zero attached hydrogens (tertiary/aromatic N) is 3. The predicted octanol–water partition coefficient (Wildman–Crippen LogP) is 0.731. The molecule has 0 spiro atoms. The number of amidine groups is 1. The van der Waals surface area contributed by atoms with Gasteiger partial charge in [-0.1, -0.05) is 6.08 Å². The third-order valence-corrected chi connectivity index (χ3v) is 2.61. The minimum atomic E-state index is -0.192. The van der Waals surface area contributed by atoms with E-state index >= 15 is 0 Å². The van der Waals surface area contributed by atoms with Gasteiger partial charge in [0, 0.05) is 20.1 Å². The molecule has 0 bridgehead atoms. The van der Waals surface area contributed by atoms with Crippen molar-refractivity contribution in [3.63, 3.8) is 0 Å². The standard InChI is InChI=1S/C11H22N4/c1-6-11(2,3)13-10-9-14(5)7-8-15(10)12-4/h6,12H,1,7-9H2,2-5H3. The first-order chi connectivity index (χ1) is 6.98. The van der Waals surface area contributed by atoms with E-state index in [1.54, 1.807) is 0 Å². The predicted molar refractivity (Wildman–Crippen MR) is 65.0 cm³/mol. The highest BCUT2D eigenvalue weighted by atomic mass is 15.5. The Morgan fingerprint density at radius 1 is 1.47 bits per heavy atom. The van der Waals surface area contributed by atoms with E-state index in [2.05, 4.69) is 42.8 Å². The lowest BCUT2D eigenvalue weighted by atomic mass is 10.1. The Morgan fingerprint density at radius 3 is 2.67 bits per heavy atom. The quantitative estimate of drug-likeness (QED) is 0.697. The fourth-order valence-corrected chi connectivity index (χ4v) is 1.52. The minimum absolute atomic E-state index is 0.192. The fourth-order valence-electron chi connectivity index (χ4n) is 1.52. The zero-order valence-corrected chi connectivity index (χ0v) is 10.2. The van der Waals surface area contributed by atoms with Gasteiger partial charge >= 0.3 is 0 Å². The maximum absolute atomic E-state index is 4.71. The van der Waals surface area contributed by atoms with Gasteiger partial charge < -0.3 is 0 Å². The van der Waals surface area contributed by atoms with Gasteiger partial charge in [-0.2, -0.15) is 0 Å². The molecule has 1 saturated heterocycles. The molecule has 4 nitrogen and oxygen atoms in total. The summed E-state index contributed by atoms with van der Waals surface area (Å²) in [6.07, 6.45) is 1.88. The maximum Gasteiger partial charge on any atom is 0.128 e. The molecule has 0 aliphatic carbocycles. The van der Waals surface area contributed by atoms with E-state index in [9.17, 15) is 0 Å². The molecule has 86 valence electrons. The van der Waals surface area contributed by atoms with E-state index in [1.165, 1.54) is 0 Å². The van der Waals surface area contributed by atoms with Crippen LogP contribution >= 0.6 is 0 Å². The van der Waals surface area contributed by atoms with Gasteiger partial charge in [0.05, 0.1) is 12.1 Å². The van der Waals surface area contributed by atoms with Crippen molar-refractivity contribution >= 4 is 5.84 Å². The summed E-state index contributed by atoms with van der Waals surface area (Å²) in [4.78, 5) is 6.98. The second-order valence-corrected chi connectivity index (χ2v) is 4.50. The van der Waals surface area contributed by atoms with Gasteiger partial charge in [-0.05, 0) is 20.9 Å². The van der Waals surface area contributed by atoms with Crippen molar-refractivity contribution in [3.8, 4) is 0 Å². The number of hydrazine groups is 1. The molecule has 0 aromatic heterocycles. The Bertz CT molecular complexity index is 257. The summed E-state index contributed by atoms with van der Waals surface area (Å²) in [5.41, 5.74) is 2.97. The molecule has 1 N–H and O–H groups in total. The van der Waals surface area contributed by atoms with E-state index in [4.69, 9.17) is 4.99 Å². The number of hydrogen-bond donors (Lipinski definition) is 1. The third kappa shape index (κ3) is 3.32. The van der Waals surface area contributed by atoms with Gasteiger partial charge in [-0.15, -0.1) is 6.58 Å². The molecular formula is C11H22N4. The summed E-state index contributed by atoms with van der Waals surface area (Å²) in [6, 6.07) is 0. The van der Waals surface area contributed by atoms with Crippen LogP contribution in [0, 0.1) is 0 Å². The number of hydrogen-bond acceptors (Lipinski definition) is 3. The van der Waals surface area contributed by atoms with Crippen LogP contribution in [0.25, 0.3) is 0 Å². The van der Waals surface area contributed by atoms with Crippen LogP contribution < -0.4 is 5.43 Å². The van der Waals surface area contributed by atoms with Crippen molar-refractivity contribution in [2.45, 2.75) is 19.4 Å². The largest absolute Gasteiger partial charge is 0.297 e. The molecule has 4 heteroatoms. The van der Waals surface area contributed by atoms with Crippen molar-refractivity contribution in [2.75, 3.05) is 33.7 Å². The highest BCUT2D eigenvalue weighted by Crippen LogP contribution is 2.12. The summed E-state index contributed by atoms with van der Waals surface area (Å²) in [5, 5.41) is 2.10. The lowest BCUT2D eigenvalue weighted by Crippen LogP contribution is -2.54. The Balaban J connectivity index is 2.83. The second kappa shape index (κ2) is 4.77. The molecule has 0 atom stereocenters. The number of likely N-dealkylation sites (N-methyl/N-ethyl adjacent to an activating group) is 1. The summed E-state index contributed by atoms with van der Waals surface area (Å²) >= 11 is 0. The number of nitrogens with one attached hydrogen (secondary N) is 1. The molecule has 1 heterocycles. The molecule has 0 amide bonds. The van der Waals surface area contributed by atoms with Crippen LogP contribution in [0.3, 0.4) is 0 Å². The van der Waals surface area contributed by atoms with Crippen LogP contribution in [-0.2, 0) is 0 Å². The van der Waals surface area contributed by atoms with Gasteiger partial charge in [0.2, 0.25) is 0 Å². The molecular weight excluding hydrogens is 188 g/mol. The second-order valence-electron chi connectivity index (χ2n) is 4.50. The first-order valence-corrected chi connectivity index (χ1v) is 5.34. The summed E-state index contributed by atoms with van der Waals surface area (Å²) in [5.74, 6) is 1.08. The molecule has 1 aliphatic heterocycles. The Kier molecular flexibility index (Phi) is 3.88. The monoisotopic (exact) mass is 210 g/mol. The van der Waals surface area contributed by atoms with Crippen LogP contribution in [0.4, 0.5) is 0 Å². The van der Waals surface area contributed by atoms with Crippen molar-refractivity contribution in [1.29, 1.82) is 0 Å². The van der Waals surface area contributed by atoms with E-state index in [0.29, 0.717) is 0 Å². The average Bonchev–Trinajstić information content (AvgIpc) is 2.18. The Labute approximate surface area is 92.6 Å². The van der Waals surface area contributed by atoms with Crippen molar-refractivity contribution in [2.24, 2.45) is 4.99 Å². The first-order valence-electron chi connectivity index (χ1n) is 5.34. The van der Waals surface area contributed by atoms with Gasteiger partial charge in [-0.25, -0.2) is 5.43 Å². The Hall–Kier alpha value is -0.870. The van der Waals surface area contributed by atoms with Gasteiger partial charge in [0.1, 0.15) is 5.84 Å². The molecule has 15 heavy (non-hydrogen) atoms. The summed E-state index contributed by atoms with van der Waals surface area (Å²) < 4.78 is 0. The van der Waals surface area contributed by atoms with Crippen LogP contribution in [0.5, 0.6) is 0 Å². The fraction of sp³-hybridized carbons (Fsp3) is 0.727. The molecule has 0 aromatic carbocycles. The zero-order chi connectivity index (χ0) is 11.5. The van der Waals surface area contributed by atoms with E-state index in [1.807, 2.05) is 13.1 Å². The van der Waals surface area contributed by atoms with Crippen LogP contribution in [0.15, 0.2) is 17.6 Å². The summed E-state index contributed by atoms with van der Waals surface area (Å²) in [6.45, 7) is 10.9. The van der Waals surface area contributed by atoms with Crippen LogP contribution in [0.1, 0.15) is 13.8 Å². The lowest BCUT2D eigenvalue weighted by molar-refractivity contribution is 0.226. The summed E-state index contributed by atoms with van der Waals surface area (Å²) in [7, 11) is 4.05. The van der Waals surface area contributed by atoms with Gasteiger partial charge in [0.15, 0.2) is 0 Å². The average molecular weight is 210 g/mol. The molecule has 1 fully saturated rings. The first kappa shape index (κ1) is 12.2. The molecule has 1 aliphatic rings. The van der Waals surface area contributed by atoms with Gasteiger partial charge in [0.25, 0.3) is 0 Å². The number of aliphatic imine (C=N–C) groups is 1. The molecule has 0 aromatic rings. The number of rotatable bonds is 3. The minimum Gasteiger partial charge on any atom is -0.297 e. The zero-order valence-electron chi connectivity index (χ0n) is 10.2. The third-order valence-electron chi connectivity index (χ3n) is 2.61. The highest BCUT2D eigenvalue weighted by Gasteiger charge is 2.21. The lowest BCUT2D eigenvalue weighted by Gasteiger charge is -2.35. The SMILES string of the molecule is C=CC(C)(C)N=C1CN(C)CCN1NC. The smallest absolute Gasteiger partial charge is 0.128 e. The van der Waals surface area contributed by atoms with E-state index in [0.717, 1.165) is 25.5 Å². The van der Waals surface area contributed by atoms with E-state index in [-0.39, 0.29) is 5.54 Å². The van der Waals surface area contributed by atoms with Crippen LogP contribution in [0.2, 0.25) is 0 Å². The molecule has 0 saturated carbocycles.